The van der Waals surface area contributed by atoms with Crippen LogP contribution in [0.5, 0.6) is 0 Å². The Labute approximate surface area is 217 Å². The number of carbonyl (C=O) groups is 3. The first-order valence-electron chi connectivity index (χ1n) is 12.8. The summed E-state index contributed by atoms with van der Waals surface area (Å²) in [5.74, 6) is -1.27. The van der Waals surface area contributed by atoms with Crippen LogP contribution in [-0.4, -0.2) is 58.5 Å². The number of amides is 3. The van der Waals surface area contributed by atoms with Gasteiger partial charge in [-0.3, -0.25) is 19.4 Å². The van der Waals surface area contributed by atoms with Crippen LogP contribution in [-0.2, 0) is 20.9 Å². The summed E-state index contributed by atoms with van der Waals surface area (Å²) in [5.41, 5.74) is 2.77. The molecule has 196 valence electrons. The van der Waals surface area contributed by atoms with E-state index in [2.05, 4.69) is 34.7 Å². The van der Waals surface area contributed by atoms with Crippen LogP contribution in [0.15, 0.2) is 23.2 Å². The third-order valence-electron chi connectivity index (χ3n) is 7.41. The minimum absolute atomic E-state index is 0.186. The zero-order valence-electron chi connectivity index (χ0n) is 21.8. The van der Waals surface area contributed by atoms with Crippen molar-refractivity contribution >= 4 is 35.0 Å². The summed E-state index contributed by atoms with van der Waals surface area (Å²) in [6.45, 7) is 10.5. The number of aliphatic imine (C=N–C) groups is 1. The van der Waals surface area contributed by atoms with Gasteiger partial charge in [0.05, 0.1) is 16.8 Å². The molecule has 0 spiro atoms. The standard InChI is InChI=1S/C27H37FN4O3S/c1-16-13-18(21-17(2)30-15-36-21)8-9-19(16)14-29-23(33)20-7-6-12-32(20)24(34)22(26(3,4)5)31-25(35)27(28)10-11-27/h8-9,13,15,17,20-22H,6-7,10-12,14H2,1-5H3,(H,29,33)(H,31,35)/t17?,20-,21?,22?/m0/s1. The van der Waals surface area contributed by atoms with E-state index in [1.807, 2.05) is 39.3 Å². The summed E-state index contributed by atoms with van der Waals surface area (Å²) in [4.78, 5) is 45.0. The lowest BCUT2D eigenvalue weighted by Crippen LogP contribution is -2.58. The average Bonchev–Trinajstić information content (AvgIpc) is 3.20. The Morgan fingerprint density at radius 1 is 1.28 bits per heavy atom. The molecule has 9 heteroatoms. The number of aryl methyl sites for hydroxylation is 1. The van der Waals surface area contributed by atoms with Gasteiger partial charge in [-0.25, -0.2) is 4.39 Å². The molecule has 4 rings (SSSR count). The lowest BCUT2D eigenvalue weighted by Gasteiger charge is -2.35. The van der Waals surface area contributed by atoms with Crippen LogP contribution in [0.2, 0.25) is 0 Å². The molecule has 3 aliphatic rings. The molecule has 3 unspecified atom stereocenters. The van der Waals surface area contributed by atoms with Crippen molar-refractivity contribution in [1.29, 1.82) is 0 Å². The highest BCUT2D eigenvalue weighted by Crippen LogP contribution is 2.40. The zero-order valence-corrected chi connectivity index (χ0v) is 22.6. The van der Waals surface area contributed by atoms with Crippen molar-refractivity contribution in [2.45, 2.75) is 95.9 Å². The van der Waals surface area contributed by atoms with Gasteiger partial charge in [0.1, 0.15) is 12.1 Å². The van der Waals surface area contributed by atoms with Gasteiger partial charge in [0.25, 0.3) is 5.91 Å². The molecule has 1 saturated carbocycles. The van der Waals surface area contributed by atoms with Crippen LogP contribution in [0.1, 0.15) is 75.3 Å². The second kappa shape index (κ2) is 10.1. The van der Waals surface area contributed by atoms with E-state index in [0.29, 0.717) is 31.2 Å². The minimum atomic E-state index is -1.86. The Hall–Kier alpha value is -2.42. The minimum Gasteiger partial charge on any atom is -0.350 e. The summed E-state index contributed by atoms with van der Waals surface area (Å²) in [6, 6.07) is 5.03. The molecule has 0 bridgehead atoms. The molecule has 2 aliphatic heterocycles. The quantitative estimate of drug-likeness (QED) is 0.576. The van der Waals surface area contributed by atoms with E-state index >= 15 is 0 Å². The normalized spacial score (nSPS) is 25.5. The number of hydrogen-bond donors (Lipinski definition) is 2. The Morgan fingerprint density at radius 3 is 2.58 bits per heavy atom. The molecule has 2 heterocycles. The van der Waals surface area contributed by atoms with Gasteiger partial charge < -0.3 is 15.5 Å². The highest BCUT2D eigenvalue weighted by Gasteiger charge is 2.53. The first-order valence-corrected chi connectivity index (χ1v) is 13.7. The fourth-order valence-electron chi connectivity index (χ4n) is 4.86. The number of halogens is 1. The number of nitrogens with one attached hydrogen (secondary N) is 2. The first-order chi connectivity index (χ1) is 16.9. The fourth-order valence-corrected chi connectivity index (χ4v) is 5.85. The maximum Gasteiger partial charge on any atom is 0.258 e. The van der Waals surface area contributed by atoms with E-state index < -0.39 is 29.1 Å². The molecular weight excluding hydrogens is 479 g/mol. The largest absolute Gasteiger partial charge is 0.350 e. The highest BCUT2D eigenvalue weighted by atomic mass is 32.2. The van der Waals surface area contributed by atoms with Crippen LogP contribution in [0.25, 0.3) is 0 Å². The van der Waals surface area contributed by atoms with Crippen molar-refractivity contribution in [3.05, 3.63) is 34.9 Å². The Balaban J connectivity index is 1.39. The molecule has 1 aliphatic carbocycles. The molecule has 36 heavy (non-hydrogen) atoms. The molecule has 7 nitrogen and oxygen atoms in total. The monoisotopic (exact) mass is 516 g/mol. The molecule has 4 atom stereocenters. The van der Waals surface area contributed by atoms with Crippen LogP contribution in [0, 0.1) is 12.3 Å². The first kappa shape index (κ1) is 26.6. The summed E-state index contributed by atoms with van der Waals surface area (Å²) >= 11 is 1.72. The van der Waals surface area contributed by atoms with Crippen molar-refractivity contribution in [1.82, 2.24) is 15.5 Å². The van der Waals surface area contributed by atoms with Crippen molar-refractivity contribution < 1.29 is 18.8 Å². The van der Waals surface area contributed by atoms with E-state index in [1.54, 1.807) is 16.7 Å². The maximum atomic E-state index is 14.3. The number of rotatable bonds is 7. The molecule has 3 amide bonds. The van der Waals surface area contributed by atoms with E-state index in [4.69, 9.17) is 0 Å². The number of nitrogens with zero attached hydrogens (tertiary/aromatic N) is 2. The number of alkyl halides is 1. The number of benzene rings is 1. The van der Waals surface area contributed by atoms with Gasteiger partial charge in [-0.2, -0.15) is 0 Å². The summed E-state index contributed by atoms with van der Waals surface area (Å²) in [7, 11) is 0. The summed E-state index contributed by atoms with van der Waals surface area (Å²) in [5, 5.41) is 5.97. The lowest BCUT2D eigenvalue weighted by atomic mass is 9.85. The van der Waals surface area contributed by atoms with Gasteiger partial charge in [-0.1, -0.05) is 39.0 Å². The van der Waals surface area contributed by atoms with Crippen molar-refractivity contribution in [2.75, 3.05) is 6.54 Å². The topological polar surface area (TPSA) is 90.9 Å². The SMILES string of the molecule is Cc1cc(C2SC=NC2C)ccc1CNC(=O)[C@@H]1CCCN1C(=O)C(NC(=O)C1(F)CC1)C(C)(C)C. The smallest absolute Gasteiger partial charge is 0.258 e. The van der Waals surface area contributed by atoms with Gasteiger partial charge in [0, 0.05) is 13.1 Å². The number of hydrogen-bond acceptors (Lipinski definition) is 5. The van der Waals surface area contributed by atoms with E-state index in [-0.39, 0.29) is 30.7 Å². The Morgan fingerprint density at radius 2 is 2.00 bits per heavy atom. The fraction of sp³-hybridized carbons (Fsp3) is 0.630. The molecular formula is C27H37FN4O3S. The van der Waals surface area contributed by atoms with Crippen molar-refractivity contribution in [3.8, 4) is 0 Å². The summed E-state index contributed by atoms with van der Waals surface area (Å²) in [6.07, 6.45) is 1.63. The Kier molecular flexibility index (Phi) is 7.51. The molecule has 0 aromatic heterocycles. The molecule has 1 aromatic rings. The predicted molar refractivity (Wildman–Crippen MR) is 141 cm³/mol. The van der Waals surface area contributed by atoms with Gasteiger partial charge in [0.15, 0.2) is 5.67 Å². The van der Waals surface area contributed by atoms with Crippen LogP contribution in [0.4, 0.5) is 4.39 Å². The van der Waals surface area contributed by atoms with Gasteiger partial charge in [-0.05, 0) is 61.6 Å². The van der Waals surface area contributed by atoms with Crippen LogP contribution in [0.3, 0.4) is 0 Å². The summed E-state index contributed by atoms with van der Waals surface area (Å²) < 4.78 is 14.3. The van der Waals surface area contributed by atoms with E-state index in [9.17, 15) is 18.8 Å². The Bertz CT molecular complexity index is 1070. The predicted octanol–water partition coefficient (Wildman–Crippen LogP) is 3.84. The molecule has 1 aromatic carbocycles. The van der Waals surface area contributed by atoms with Crippen LogP contribution < -0.4 is 10.6 Å². The second-order valence-electron chi connectivity index (χ2n) is 11.4. The van der Waals surface area contributed by atoms with Gasteiger partial charge in [-0.15, -0.1) is 11.8 Å². The number of thioether (sulfide) groups is 1. The second-order valence-corrected chi connectivity index (χ2v) is 12.4. The molecule has 2 fully saturated rings. The molecule has 0 radical (unpaired) electrons. The van der Waals surface area contributed by atoms with Crippen molar-refractivity contribution in [2.24, 2.45) is 10.4 Å². The van der Waals surface area contributed by atoms with Crippen molar-refractivity contribution in [3.63, 3.8) is 0 Å². The van der Waals surface area contributed by atoms with E-state index in [1.165, 1.54) is 5.56 Å². The number of carbonyl (C=O) groups excluding carboxylic acids is 3. The van der Waals surface area contributed by atoms with Gasteiger partial charge >= 0.3 is 0 Å². The molecule has 2 N–H and O–H groups in total. The third-order valence-corrected chi connectivity index (χ3v) is 8.62. The maximum absolute atomic E-state index is 14.3. The van der Waals surface area contributed by atoms with Crippen LogP contribution >= 0.6 is 11.8 Å². The zero-order chi connectivity index (χ0) is 26.3. The third kappa shape index (κ3) is 5.61. The van der Waals surface area contributed by atoms with E-state index in [0.717, 1.165) is 11.1 Å². The average molecular weight is 517 g/mol. The highest BCUT2D eigenvalue weighted by molar-refractivity contribution is 8.12. The van der Waals surface area contributed by atoms with Gasteiger partial charge in [0.2, 0.25) is 11.8 Å². The lowest BCUT2D eigenvalue weighted by molar-refractivity contribution is -0.144. The number of likely N-dealkylation sites (tertiary alicyclic amines) is 1. The molecule has 1 saturated heterocycles.